The lowest BCUT2D eigenvalue weighted by molar-refractivity contribution is -0.141. The molecule has 0 aliphatic carbocycles. The van der Waals surface area contributed by atoms with E-state index in [1.807, 2.05) is 6.07 Å². The molecule has 1 atom stereocenters. The van der Waals surface area contributed by atoms with Crippen LogP contribution in [0.25, 0.3) is 11.1 Å². The first kappa shape index (κ1) is 16.6. The van der Waals surface area contributed by atoms with E-state index < -0.39 is 5.76 Å². The SMILES string of the molecule is COC(=O)[C@@H]1CN(C(=O)CCn2c(=O)oc3ccccc32)CCS1. The number of rotatable bonds is 4. The van der Waals surface area contributed by atoms with Crippen molar-refractivity contribution in [3.05, 3.63) is 34.8 Å². The van der Waals surface area contributed by atoms with E-state index in [4.69, 9.17) is 9.15 Å². The Morgan fingerprint density at radius 3 is 2.96 bits per heavy atom. The van der Waals surface area contributed by atoms with Gasteiger partial charge in [-0.3, -0.25) is 14.2 Å². The van der Waals surface area contributed by atoms with Crippen LogP contribution in [0.15, 0.2) is 33.5 Å². The molecule has 128 valence electrons. The Bertz CT molecular complexity index is 812. The van der Waals surface area contributed by atoms with Crippen LogP contribution in [0.5, 0.6) is 0 Å². The van der Waals surface area contributed by atoms with E-state index in [0.29, 0.717) is 29.9 Å². The third-order valence-electron chi connectivity index (χ3n) is 4.01. The fourth-order valence-corrected chi connectivity index (χ4v) is 3.87. The average Bonchev–Trinajstić information content (AvgIpc) is 2.94. The predicted molar refractivity (Wildman–Crippen MR) is 89.9 cm³/mol. The van der Waals surface area contributed by atoms with Crippen molar-refractivity contribution >= 4 is 34.7 Å². The Morgan fingerprint density at radius 2 is 2.17 bits per heavy atom. The molecule has 0 radical (unpaired) electrons. The molecule has 0 saturated carbocycles. The summed E-state index contributed by atoms with van der Waals surface area (Å²) < 4.78 is 11.4. The molecule has 7 nitrogen and oxygen atoms in total. The van der Waals surface area contributed by atoms with Crippen LogP contribution in [0.2, 0.25) is 0 Å². The van der Waals surface area contributed by atoms with Gasteiger partial charge in [-0.15, -0.1) is 11.8 Å². The van der Waals surface area contributed by atoms with Crippen molar-refractivity contribution < 1.29 is 18.7 Å². The third kappa shape index (κ3) is 3.33. The number of aryl methyl sites for hydroxylation is 1. The molecular formula is C16H18N2O5S. The van der Waals surface area contributed by atoms with Crippen LogP contribution in [0.1, 0.15) is 6.42 Å². The molecule has 1 aromatic carbocycles. The van der Waals surface area contributed by atoms with Crippen molar-refractivity contribution in [3.63, 3.8) is 0 Å². The molecule has 1 saturated heterocycles. The zero-order valence-corrected chi connectivity index (χ0v) is 14.1. The molecule has 8 heteroatoms. The average molecular weight is 350 g/mol. The first-order valence-electron chi connectivity index (χ1n) is 7.65. The number of hydrogen-bond donors (Lipinski definition) is 0. The number of thioether (sulfide) groups is 1. The highest BCUT2D eigenvalue weighted by atomic mass is 32.2. The maximum atomic E-state index is 12.4. The van der Waals surface area contributed by atoms with Crippen molar-refractivity contribution in [2.75, 3.05) is 26.0 Å². The van der Waals surface area contributed by atoms with E-state index in [1.165, 1.54) is 23.4 Å². The normalized spacial score (nSPS) is 17.9. The summed E-state index contributed by atoms with van der Waals surface area (Å²) in [5, 5.41) is -0.342. The van der Waals surface area contributed by atoms with E-state index >= 15 is 0 Å². The maximum absolute atomic E-state index is 12.4. The zero-order chi connectivity index (χ0) is 17.1. The molecule has 1 aliphatic rings. The van der Waals surface area contributed by atoms with Gasteiger partial charge >= 0.3 is 11.7 Å². The van der Waals surface area contributed by atoms with E-state index in [0.717, 1.165) is 0 Å². The van der Waals surface area contributed by atoms with Crippen molar-refractivity contribution in [1.82, 2.24) is 9.47 Å². The summed E-state index contributed by atoms with van der Waals surface area (Å²) in [5.41, 5.74) is 1.19. The number of carbonyl (C=O) groups is 2. The van der Waals surface area contributed by atoms with Gasteiger partial charge in [0, 0.05) is 31.8 Å². The number of carbonyl (C=O) groups excluding carboxylic acids is 2. The molecule has 0 bridgehead atoms. The zero-order valence-electron chi connectivity index (χ0n) is 13.3. The van der Waals surface area contributed by atoms with Crippen molar-refractivity contribution in [1.29, 1.82) is 0 Å². The van der Waals surface area contributed by atoms with Gasteiger partial charge in [-0.1, -0.05) is 12.1 Å². The van der Waals surface area contributed by atoms with Gasteiger partial charge in [-0.2, -0.15) is 0 Å². The van der Waals surface area contributed by atoms with Crippen molar-refractivity contribution in [3.8, 4) is 0 Å². The number of ether oxygens (including phenoxy) is 1. The van der Waals surface area contributed by atoms with Gasteiger partial charge in [0.2, 0.25) is 5.91 Å². The van der Waals surface area contributed by atoms with Gasteiger partial charge in [0.25, 0.3) is 0 Å². The van der Waals surface area contributed by atoms with Crippen LogP contribution in [0.4, 0.5) is 0 Å². The predicted octanol–water partition coefficient (Wildman–Crippen LogP) is 1.10. The number of benzene rings is 1. The largest absolute Gasteiger partial charge is 0.468 e. The summed E-state index contributed by atoms with van der Waals surface area (Å²) in [6, 6.07) is 7.12. The van der Waals surface area contributed by atoms with Gasteiger partial charge in [0.05, 0.1) is 12.6 Å². The lowest BCUT2D eigenvalue weighted by Crippen LogP contribution is -2.45. The van der Waals surface area contributed by atoms with E-state index in [9.17, 15) is 14.4 Å². The van der Waals surface area contributed by atoms with Crippen LogP contribution in [-0.2, 0) is 20.9 Å². The lowest BCUT2D eigenvalue weighted by Gasteiger charge is -2.31. The van der Waals surface area contributed by atoms with E-state index in [1.54, 1.807) is 23.1 Å². The molecule has 1 fully saturated rings. The van der Waals surface area contributed by atoms with Crippen LogP contribution in [0.3, 0.4) is 0 Å². The Morgan fingerprint density at radius 1 is 1.38 bits per heavy atom. The Labute approximate surface area is 142 Å². The van der Waals surface area contributed by atoms with Crippen LogP contribution in [-0.4, -0.2) is 52.5 Å². The summed E-state index contributed by atoms with van der Waals surface area (Å²) in [5.74, 6) is -0.165. The number of nitrogens with zero attached hydrogens (tertiary/aromatic N) is 2. The fraction of sp³-hybridized carbons (Fsp3) is 0.438. The first-order chi connectivity index (χ1) is 11.6. The van der Waals surface area contributed by atoms with Gasteiger partial charge in [0.1, 0.15) is 5.25 Å². The highest BCUT2D eigenvalue weighted by Gasteiger charge is 2.29. The number of amides is 1. The minimum Gasteiger partial charge on any atom is -0.468 e. The van der Waals surface area contributed by atoms with Crippen LogP contribution in [0, 0.1) is 0 Å². The second-order valence-corrected chi connectivity index (χ2v) is 6.77. The number of oxazole rings is 1. The summed E-state index contributed by atoms with van der Waals surface area (Å²) in [6.45, 7) is 1.19. The van der Waals surface area contributed by atoms with E-state index in [2.05, 4.69) is 0 Å². The molecule has 24 heavy (non-hydrogen) atoms. The van der Waals surface area contributed by atoms with Crippen molar-refractivity contribution in [2.24, 2.45) is 0 Å². The minimum atomic E-state index is -0.467. The summed E-state index contributed by atoms with van der Waals surface area (Å²) >= 11 is 1.50. The molecule has 2 heterocycles. The number of hydrogen-bond acceptors (Lipinski definition) is 6. The first-order valence-corrected chi connectivity index (χ1v) is 8.70. The smallest absolute Gasteiger partial charge is 0.419 e. The standard InChI is InChI=1S/C16H18N2O5S/c1-22-15(20)13-10-17(8-9-24-13)14(19)6-7-18-11-4-2-3-5-12(11)23-16(18)21/h2-5,13H,6-10H2,1H3/t13-/m0/s1. The van der Waals surface area contributed by atoms with Gasteiger partial charge in [-0.25, -0.2) is 4.79 Å². The maximum Gasteiger partial charge on any atom is 0.419 e. The van der Waals surface area contributed by atoms with Crippen LogP contribution < -0.4 is 5.76 Å². The molecule has 1 aromatic heterocycles. The number of methoxy groups -OCH3 is 1. The summed E-state index contributed by atoms with van der Waals surface area (Å²) in [7, 11) is 1.35. The highest BCUT2D eigenvalue weighted by Crippen LogP contribution is 2.20. The highest BCUT2D eigenvalue weighted by molar-refractivity contribution is 8.00. The Hall–Kier alpha value is -2.22. The molecule has 0 N–H and O–H groups in total. The molecule has 0 unspecified atom stereocenters. The number of aromatic nitrogens is 1. The summed E-state index contributed by atoms with van der Waals surface area (Å²) in [6.07, 6.45) is 0.183. The molecule has 1 aliphatic heterocycles. The molecule has 0 spiro atoms. The van der Waals surface area contributed by atoms with Gasteiger partial charge < -0.3 is 14.1 Å². The molecule has 1 amide bonds. The Balaban J connectivity index is 1.65. The molecule has 2 aromatic rings. The second-order valence-electron chi connectivity index (χ2n) is 5.46. The van der Waals surface area contributed by atoms with Gasteiger partial charge in [0.15, 0.2) is 5.58 Å². The Kier molecular flexibility index (Phi) is 4.94. The molecular weight excluding hydrogens is 332 g/mol. The number of fused-ring (bicyclic) bond motifs is 1. The molecule has 3 rings (SSSR count). The van der Waals surface area contributed by atoms with E-state index in [-0.39, 0.29) is 30.1 Å². The number of para-hydroxylation sites is 2. The summed E-state index contributed by atoms with van der Waals surface area (Å²) in [4.78, 5) is 37.6. The second kappa shape index (κ2) is 7.12. The quantitative estimate of drug-likeness (QED) is 0.768. The third-order valence-corrected chi connectivity index (χ3v) is 5.17. The monoisotopic (exact) mass is 350 g/mol. The van der Waals surface area contributed by atoms with Gasteiger partial charge in [-0.05, 0) is 12.1 Å². The van der Waals surface area contributed by atoms with Crippen molar-refractivity contribution in [2.45, 2.75) is 18.2 Å². The fourth-order valence-electron chi connectivity index (χ4n) is 2.74. The minimum absolute atomic E-state index is 0.0821. The lowest BCUT2D eigenvalue weighted by atomic mass is 10.3. The number of esters is 1. The van der Waals surface area contributed by atoms with Crippen LogP contribution >= 0.6 is 11.8 Å². The topological polar surface area (TPSA) is 81.8 Å².